The minimum atomic E-state index is -1.08. The second-order valence-corrected chi connectivity index (χ2v) is 4.84. The second kappa shape index (κ2) is 5.53. The first-order valence-electron chi connectivity index (χ1n) is 5.38. The molecule has 0 aromatic carbocycles. The lowest BCUT2D eigenvalue weighted by Gasteiger charge is -2.04. The molecule has 9 heteroatoms. The Kier molecular flexibility index (Phi) is 3.80. The number of carbonyl (C=O) groups excluding carboxylic acids is 1. The van der Waals surface area contributed by atoms with Crippen LogP contribution in [0, 0.1) is 0 Å². The largest absolute Gasteiger partial charge is 0.477 e. The number of aromatic carboxylic acids is 1. The molecule has 3 N–H and O–H groups in total. The molecule has 0 aliphatic heterocycles. The van der Waals surface area contributed by atoms with Crippen LogP contribution in [0.1, 0.15) is 9.67 Å². The van der Waals surface area contributed by atoms with Gasteiger partial charge in [-0.05, 0) is 12.1 Å². The number of rotatable bonds is 4. The van der Waals surface area contributed by atoms with E-state index < -0.39 is 23.1 Å². The predicted octanol–water partition coefficient (Wildman–Crippen LogP) is -0.0650. The molecule has 0 fully saturated rings. The summed E-state index contributed by atoms with van der Waals surface area (Å²) in [5, 5.41) is 11.6. The number of hydrogen-bond donors (Lipinski definition) is 3. The second-order valence-electron chi connectivity index (χ2n) is 3.76. The summed E-state index contributed by atoms with van der Waals surface area (Å²) in [6, 6.07) is 3.96. The predicted molar refractivity (Wildman–Crippen MR) is 71.2 cm³/mol. The maximum absolute atomic E-state index is 11.7. The van der Waals surface area contributed by atoms with Gasteiger partial charge in [-0.1, -0.05) is 0 Å². The van der Waals surface area contributed by atoms with Crippen molar-refractivity contribution in [3.8, 4) is 0 Å². The number of thiophene rings is 1. The van der Waals surface area contributed by atoms with Gasteiger partial charge in [0.15, 0.2) is 0 Å². The van der Waals surface area contributed by atoms with E-state index in [4.69, 9.17) is 5.11 Å². The Bertz CT molecular complexity index is 773. The lowest BCUT2D eigenvalue weighted by atomic mass is 10.4. The number of carbonyl (C=O) groups is 2. The van der Waals surface area contributed by atoms with Crippen LogP contribution < -0.4 is 16.6 Å². The Morgan fingerprint density at radius 3 is 2.65 bits per heavy atom. The van der Waals surface area contributed by atoms with Crippen molar-refractivity contribution in [3.05, 3.63) is 50.1 Å². The molecule has 0 aliphatic rings. The van der Waals surface area contributed by atoms with Crippen LogP contribution in [-0.2, 0) is 11.3 Å². The minimum Gasteiger partial charge on any atom is -0.477 e. The molecule has 2 heterocycles. The number of nitrogens with zero attached hydrogens (tertiary/aromatic N) is 1. The van der Waals surface area contributed by atoms with Crippen LogP contribution in [0.15, 0.2) is 34.0 Å². The van der Waals surface area contributed by atoms with Crippen LogP contribution in [0.2, 0.25) is 0 Å². The Morgan fingerprint density at radius 2 is 2.05 bits per heavy atom. The van der Waals surface area contributed by atoms with E-state index in [0.29, 0.717) is 5.00 Å². The van der Waals surface area contributed by atoms with Crippen LogP contribution in [0.5, 0.6) is 0 Å². The topological polar surface area (TPSA) is 121 Å². The van der Waals surface area contributed by atoms with Gasteiger partial charge in [-0.3, -0.25) is 19.1 Å². The monoisotopic (exact) mass is 295 g/mol. The zero-order chi connectivity index (χ0) is 14.7. The van der Waals surface area contributed by atoms with Crippen LogP contribution in [-0.4, -0.2) is 26.5 Å². The maximum atomic E-state index is 11.7. The van der Waals surface area contributed by atoms with E-state index in [-0.39, 0.29) is 11.4 Å². The first kappa shape index (κ1) is 13.7. The van der Waals surface area contributed by atoms with Gasteiger partial charge in [0, 0.05) is 12.3 Å². The van der Waals surface area contributed by atoms with Crippen molar-refractivity contribution in [1.29, 1.82) is 0 Å². The SMILES string of the molecule is O=C(Cn1ccc(=O)[nH]c1=O)Nc1ccc(C(=O)O)s1. The van der Waals surface area contributed by atoms with Gasteiger partial charge in [-0.2, -0.15) is 0 Å². The normalized spacial score (nSPS) is 10.2. The zero-order valence-electron chi connectivity index (χ0n) is 9.95. The van der Waals surface area contributed by atoms with Crippen LogP contribution in [0.25, 0.3) is 0 Å². The third-order valence-electron chi connectivity index (χ3n) is 2.29. The summed E-state index contributed by atoms with van der Waals surface area (Å²) in [5.74, 6) is -1.58. The molecule has 0 unspecified atom stereocenters. The Balaban J connectivity index is 2.06. The highest BCUT2D eigenvalue weighted by molar-refractivity contribution is 7.18. The fourth-order valence-electron chi connectivity index (χ4n) is 1.42. The molecule has 0 saturated heterocycles. The van der Waals surface area contributed by atoms with Crippen LogP contribution >= 0.6 is 11.3 Å². The summed E-state index contributed by atoms with van der Waals surface area (Å²) in [6.45, 7) is -0.282. The van der Waals surface area contributed by atoms with E-state index in [0.717, 1.165) is 22.0 Å². The van der Waals surface area contributed by atoms with Crippen LogP contribution in [0.4, 0.5) is 5.00 Å². The summed E-state index contributed by atoms with van der Waals surface area (Å²) in [4.78, 5) is 46.7. The third-order valence-corrected chi connectivity index (χ3v) is 3.28. The van der Waals surface area contributed by atoms with Gasteiger partial charge in [0.05, 0.1) is 5.00 Å². The van der Waals surface area contributed by atoms with Crippen molar-refractivity contribution >= 4 is 28.2 Å². The Morgan fingerprint density at radius 1 is 1.30 bits per heavy atom. The molecular formula is C11H9N3O5S. The highest BCUT2D eigenvalue weighted by Crippen LogP contribution is 2.21. The smallest absolute Gasteiger partial charge is 0.345 e. The molecule has 104 valence electrons. The van der Waals surface area contributed by atoms with Gasteiger partial charge in [0.1, 0.15) is 11.4 Å². The van der Waals surface area contributed by atoms with Crippen molar-refractivity contribution in [2.45, 2.75) is 6.54 Å². The standard InChI is InChI=1S/C11H9N3O5S/c15-7-3-4-14(11(19)13-7)5-8(16)12-9-2-1-6(20-9)10(17)18/h1-4H,5H2,(H,12,16)(H,17,18)(H,13,15,19). The number of aromatic nitrogens is 2. The number of H-pyrrole nitrogens is 1. The van der Waals surface area contributed by atoms with E-state index in [1.54, 1.807) is 0 Å². The lowest BCUT2D eigenvalue weighted by Crippen LogP contribution is -2.32. The summed E-state index contributed by atoms with van der Waals surface area (Å²) < 4.78 is 1.03. The Labute approximate surface area is 115 Å². The molecular weight excluding hydrogens is 286 g/mol. The van der Waals surface area contributed by atoms with E-state index in [2.05, 4.69) is 5.32 Å². The van der Waals surface area contributed by atoms with E-state index >= 15 is 0 Å². The lowest BCUT2D eigenvalue weighted by molar-refractivity contribution is -0.116. The minimum absolute atomic E-state index is 0.0986. The third kappa shape index (κ3) is 3.20. The molecule has 0 saturated carbocycles. The average molecular weight is 295 g/mol. The van der Waals surface area contributed by atoms with Crippen molar-refractivity contribution in [1.82, 2.24) is 9.55 Å². The first-order valence-corrected chi connectivity index (χ1v) is 6.20. The number of carboxylic acids is 1. The highest BCUT2D eigenvalue weighted by Gasteiger charge is 2.10. The summed E-state index contributed by atoms with van der Waals surface area (Å²) in [5.41, 5.74) is -1.24. The molecule has 2 rings (SSSR count). The quantitative estimate of drug-likeness (QED) is 0.729. The summed E-state index contributed by atoms with van der Waals surface area (Å²) in [6.07, 6.45) is 1.21. The van der Waals surface area contributed by atoms with Crippen LogP contribution in [0.3, 0.4) is 0 Å². The summed E-state index contributed by atoms with van der Waals surface area (Å²) in [7, 11) is 0. The number of nitrogens with one attached hydrogen (secondary N) is 2. The molecule has 0 aliphatic carbocycles. The molecule has 1 amide bonds. The van der Waals surface area contributed by atoms with Crippen molar-refractivity contribution in [2.24, 2.45) is 0 Å². The van der Waals surface area contributed by atoms with Gasteiger partial charge >= 0.3 is 11.7 Å². The molecule has 2 aromatic rings. The fraction of sp³-hybridized carbons (Fsp3) is 0.0909. The van der Waals surface area contributed by atoms with Gasteiger partial charge < -0.3 is 10.4 Å². The van der Waals surface area contributed by atoms with Gasteiger partial charge in [0.2, 0.25) is 5.91 Å². The highest BCUT2D eigenvalue weighted by atomic mass is 32.1. The zero-order valence-corrected chi connectivity index (χ0v) is 10.8. The first-order chi connectivity index (χ1) is 9.45. The van der Waals surface area contributed by atoms with E-state index in [1.807, 2.05) is 4.98 Å². The number of amides is 1. The van der Waals surface area contributed by atoms with E-state index in [9.17, 15) is 19.2 Å². The van der Waals surface area contributed by atoms with Gasteiger partial charge in [-0.25, -0.2) is 9.59 Å². The molecule has 0 bridgehead atoms. The molecule has 8 nitrogen and oxygen atoms in total. The van der Waals surface area contributed by atoms with Crippen molar-refractivity contribution < 1.29 is 14.7 Å². The fourth-order valence-corrected chi connectivity index (χ4v) is 2.18. The maximum Gasteiger partial charge on any atom is 0.345 e. The summed E-state index contributed by atoms with van der Waals surface area (Å²) >= 11 is 0.910. The molecule has 0 atom stereocenters. The van der Waals surface area contributed by atoms with Crippen molar-refractivity contribution in [2.75, 3.05) is 5.32 Å². The number of anilines is 1. The molecule has 0 spiro atoms. The molecule has 0 radical (unpaired) electrons. The van der Waals surface area contributed by atoms with Crippen molar-refractivity contribution in [3.63, 3.8) is 0 Å². The number of aromatic amines is 1. The average Bonchev–Trinajstić information content (AvgIpc) is 2.81. The molecule has 20 heavy (non-hydrogen) atoms. The Hall–Kier alpha value is -2.68. The molecule has 2 aromatic heterocycles. The number of hydrogen-bond acceptors (Lipinski definition) is 5. The van der Waals surface area contributed by atoms with Gasteiger partial charge in [-0.15, -0.1) is 11.3 Å². The van der Waals surface area contributed by atoms with E-state index in [1.165, 1.54) is 18.3 Å². The number of carboxylic acid groups (broad SMARTS) is 1. The van der Waals surface area contributed by atoms with Gasteiger partial charge in [0.25, 0.3) is 5.56 Å².